The van der Waals surface area contributed by atoms with Crippen molar-refractivity contribution in [1.29, 1.82) is 0 Å². The summed E-state index contributed by atoms with van der Waals surface area (Å²) in [5.74, 6) is -4.69. The van der Waals surface area contributed by atoms with Crippen LogP contribution in [0.25, 0.3) is 0 Å². The van der Waals surface area contributed by atoms with Gasteiger partial charge >= 0.3 is 0 Å². The van der Waals surface area contributed by atoms with Gasteiger partial charge in [-0.2, -0.15) is 0 Å². The fourth-order valence-corrected chi connectivity index (χ4v) is 8.96. The Morgan fingerprint density at radius 1 is 0.673 bits per heavy atom. The number of carbonyl (C=O) groups is 4. The van der Waals surface area contributed by atoms with E-state index in [9.17, 15) is 24.3 Å². The first kappa shape index (κ1) is 32.2. The number of hydrogen-bond acceptors (Lipinski definition) is 6. The second-order valence-corrected chi connectivity index (χ2v) is 15.5. The number of ether oxygens (including phenoxy) is 1. The van der Waals surface area contributed by atoms with Crippen LogP contribution in [0.2, 0.25) is 0 Å². The van der Waals surface area contributed by atoms with Gasteiger partial charge in [-0.3, -0.25) is 29.0 Å². The molecule has 6 atom stereocenters. The Morgan fingerprint density at radius 2 is 1.27 bits per heavy atom. The molecule has 2 aliphatic carbocycles. The summed E-state index contributed by atoms with van der Waals surface area (Å²) < 4.78 is 7.94. The number of phenols is 1. The molecule has 246 valence electrons. The predicted octanol–water partition coefficient (Wildman–Crippen LogP) is 7.23. The number of allylic oxidation sites excluding steroid dienone is 2. The lowest BCUT2D eigenvalue weighted by molar-refractivity contribution is -0.126. The molecule has 49 heavy (non-hydrogen) atoms. The maximum atomic E-state index is 14.4. The average Bonchev–Trinajstić information content (AvgIpc) is 3.51. The number of carbonyl (C=O) groups excluding carboxylic acids is 4. The highest BCUT2D eigenvalue weighted by Gasteiger charge is 2.62. The lowest BCUT2D eigenvalue weighted by atomic mass is 9.57. The summed E-state index contributed by atoms with van der Waals surface area (Å²) in [7, 11) is 0. The van der Waals surface area contributed by atoms with E-state index in [1.807, 2.05) is 60.7 Å². The minimum atomic E-state index is -0.785. The van der Waals surface area contributed by atoms with Crippen LogP contribution in [0.3, 0.4) is 0 Å². The number of phenolic OH excluding ortho intramolecular Hbond substituents is 1. The molecule has 0 aromatic heterocycles. The zero-order valence-electron chi connectivity index (χ0n) is 26.0. The van der Waals surface area contributed by atoms with Gasteiger partial charge in [-0.1, -0.05) is 48.0 Å². The van der Waals surface area contributed by atoms with Crippen LogP contribution in [0, 0.1) is 36.7 Å². The van der Waals surface area contributed by atoms with E-state index in [-0.39, 0.29) is 35.8 Å². The number of benzene rings is 4. The van der Waals surface area contributed by atoms with Gasteiger partial charge in [-0.15, -0.1) is 0 Å². The molecule has 2 aliphatic heterocycles. The topological polar surface area (TPSA) is 104 Å². The second kappa shape index (κ2) is 12.7. The molecular formula is C39H30I2N2O6. The molecule has 2 saturated heterocycles. The van der Waals surface area contributed by atoms with Crippen molar-refractivity contribution in [1.82, 2.24) is 0 Å². The van der Waals surface area contributed by atoms with Crippen molar-refractivity contribution >= 4 is 80.2 Å². The molecule has 4 aliphatic rings. The SMILES string of the molecule is O=C1C2CC=C3C(CC4C(=O)N(c5ccc(I)cc5)C(=O)C4C3c3ccc(OCc4ccccc4)cc3O)C2C(=O)N1c1ccc(I)cc1. The van der Waals surface area contributed by atoms with E-state index >= 15 is 0 Å². The molecule has 8 rings (SSSR count). The Labute approximate surface area is 310 Å². The summed E-state index contributed by atoms with van der Waals surface area (Å²) in [6.45, 7) is 0.315. The number of nitrogens with zero attached hydrogens (tertiary/aromatic N) is 2. The lowest BCUT2D eigenvalue weighted by Gasteiger charge is -2.44. The summed E-state index contributed by atoms with van der Waals surface area (Å²) in [4.78, 5) is 59.2. The van der Waals surface area contributed by atoms with E-state index in [1.165, 1.54) is 9.80 Å². The maximum Gasteiger partial charge on any atom is 0.238 e. The summed E-state index contributed by atoms with van der Waals surface area (Å²) >= 11 is 4.36. The van der Waals surface area contributed by atoms with E-state index in [0.717, 1.165) is 18.3 Å². The van der Waals surface area contributed by atoms with Gasteiger partial charge < -0.3 is 9.84 Å². The second-order valence-electron chi connectivity index (χ2n) is 13.0. The average molecular weight is 876 g/mol. The molecule has 0 bridgehead atoms. The molecule has 0 radical (unpaired) electrons. The molecular weight excluding hydrogens is 846 g/mol. The largest absolute Gasteiger partial charge is 0.508 e. The third-order valence-electron chi connectivity index (χ3n) is 10.4. The zero-order chi connectivity index (χ0) is 34.0. The molecule has 2 heterocycles. The first-order chi connectivity index (χ1) is 23.7. The highest BCUT2D eigenvalue weighted by Crippen LogP contribution is 2.59. The molecule has 4 amide bonds. The van der Waals surface area contributed by atoms with Crippen molar-refractivity contribution in [2.24, 2.45) is 29.6 Å². The highest BCUT2D eigenvalue weighted by molar-refractivity contribution is 14.1. The standard InChI is InChI=1S/C39H30I2N2O6/c40-22-6-10-24(11-7-22)42-36(45)29-17-16-27-30(34(29)38(42)47)19-31-35(39(48)43(37(31)46)25-12-8-23(41)9-13-25)33(27)28-15-14-26(18-32(28)44)49-20-21-4-2-1-3-5-21/h1-16,18,29-31,33-35,44H,17,19-20H2. The number of imide groups is 2. The fourth-order valence-electron chi connectivity index (χ4n) is 8.24. The van der Waals surface area contributed by atoms with Crippen molar-refractivity contribution in [3.8, 4) is 11.5 Å². The Kier molecular flexibility index (Phi) is 8.33. The van der Waals surface area contributed by atoms with Crippen molar-refractivity contribution < 1.29 is 29.0 Å². The van der Waals surface area contributed by atoms with Crippen LogP contribution >= 0.6 is 45.2 Å². The number of fused-ring (bicyclic) bond motifs is 4. The number of hydrogen-bond donors (Lipinski definition) is 1. The summed E-state index contributed by atoms with van der Waals surface area (Å²) in [6, 6.07) is 29.3. The summed E-state index contributed by atoms with van der Waals surface area (Å²) in [5, 5.41) is 11.6. The van der Waals surface area contributed by atoms with Gasteiger partial charge in [0, 0.05) is 24.7 Å². The Balaban J connectivity index is 1.19. The van der Waals surface area contributed by atoms with Gasteiger partial charge in [0.15, 0.2) is 0 Å². The van der Waals surface area contributed by atoms with Crippen molar-refractivity contribution in [3.63, 3.8) is 0 Å². The van der Waals surface area contributed by atoms with Crippen molar-refractivity contribution in [2.75, 3.05) is 9.80 Å². The van der Waals surface area contributed by atoms with E-state index in [2.05, 4.69) is 45.2 Å². The number of anilines is 2. The molecule has 1 saturated carbocycles. The molecule has 3 fully saturated rings. The highest BCUT2D eigenvalue weighted by atomic mass is 127. The van der Waals surface area contributed by atoms with E-state index < -0.39 is 35.5 Å². The molecule has 6 unspecified atom stereocenters. The molecule has 4 aromatic rings. The summed E-state index contributed by atoms with van der Waals surface area (Å²) in [6.07, 6.45) is 2.58. The minimum absolute atomic E-state index is 0.0553. The van der Waals surface area contributed by atoms with Gasteiger partial charge in [0.25, 0.3) is 0 Å². The quantitative estimate of drug-likeness (QED) is 0.125. The Morgan fingerprint density at radius 3 is 1.88 bits per heavy atom. The molecule has 4 aromatic carbocycles. The van der Waals surface area contributed by atoms with Crippen LogP contribution in [0.5, 0.6) is 11.5 Å². The minimum Gasteiger partial charge on any atom is -0.508 e. The fraction of sp³-hybridized carbons (Fsp3) is 0.231. The lowest BCUT2D eigenvalue weighted by Crippen LogP contribution is -2.43. The van der Waals surface area contributed by atoms with E-state index in [0.29, 0.717) is 35.7 Å². The Bertz CT molecular complexity index is 2030. The number of halogens is 2. The summed E-state index contributed by atoms with van der Waals surface area (Å²) in [5.41, 5.74) is 3.31. The van der Waals surface area contributed by atoms with Crippen LogP contribution in [-0.2, 0) is 25.8 Å². The smallest absolute Gasteiger partial charge is 0.238 e. The van der Waals surface area contributed by atoms with E-state index in [1.54, 1.807) is 42.5 Å². The predicted molar refractivity (Wildman–Crippen MR) is 200 cm³/mol. The first-order valence-corrected chi connectivity index (χ1v) is 18.3. The number of aromatic hydroxyl groups is 1. The van der Waals surface area contributed by atoms with Gasteiger partial charge in [-0.05, 0) is 124 Å². The molecule has 0 spiro atoms. The zero-order valence-corrected chi connectivity index (χ0v) is 30.4. The number of rotatable bonds is 6. The van der Waals surface area contributed by atoms with Crippen LogP contribution in [-0.4, -0.2) is 28.7 Å². The van der Waals surface area contributed by atoms with Crippen LogP contribution in [0.4, 0.5) is 11.4 Å². The van der Waals surface area contributed by atoms with Crippen LogP contribution in [0.15, 0.2) is 109 Å². The van der Waals surface area contributed by atoms with Gasteiger partial charge in [0.1, 0.15) is 18.1 Å². The monoisotopic (exact) mass is 876 g/mol. The van der Waals surface area contributed by atoms with Gasteiger partial charge in [-0.25, -0.2) is 0 Å². The van der Waals surface area contributed by atoms with Crippen molar-refractivity contribution in [3.05, 3.63) is 127 Å². The van der Waals surface area contributed by atoms with E-state index in [4.69, 9.17) is 4.74 Å². The van der Waals surface area contributed by atoms with Crippen molar-refractivity contribution in [2.45, 2.75) is 25.4 Å². The third kappa shape index (κ3) is 5.47. The molecule has 8 nitrogen and oxygen atoms in total. The normalized spacial score (nSPS) is 26.0. The maximum absolute atomic E-state index is 14.4. The Hall–Kier alpha value is -4.04. The first-order valence-electron chi connectivity index (χ1n) is 16.2. The third-order valence-corrected chi connectivity index (χ3v) is 11.8. The van der Waals surface area contributed by atoms with Crippen LogP contribution in [0.1, 0.15) is 29.9 Å². The van der Waals surface area contributed by atoms with Gasteiger partial charge in [0.2, 0.25) is 23.6 Å². The molecule has 10 heteroatoms. The molecule has 1 N–H and O–H groups in total. The number of amides is 4. The van der Waals surface area contributed by atoms with Gasteiger partial charge in [0.05, 0.1) is 35.0 Å². The van der Waals surface area contributed by atoms with Crippen LogP contribution < -0.4 is 14.5 Å².